The van der Waals surface area contributed by atoms with Gasteiger partial charge in [-0.1, -0.05) is 52.4 Å². The van der Waals surface area contributed by atoms with Crippen molar-refractivity contribution < 1.29 is 4.74 Å². The van der Waals surface area contributed by atoms with Crippen LogP contribution in [0.25, 0.3) is 0 Å². The van der Waals surface area contributed by atoms with Gasteiger partial charge in [-0.3, -0.25) is 0 Å². The van der Waals surface area contributed by atoms with Crippen LogP contribution in [0.15, 0.2) is 11.8 Å². The smallest absolute Gasteiger partial charge is 0.0920 e. The molecule has 0 spiro atoms. The highest BCUT2D eigenvalue weighted by Gasteiger charge is 2.30. The third-order valence-electron chi connectivity index (χ3n) is 7.69. The number of hydrogen-bond acceptors (Lipinski definition) is 1. The van der Waals surface area contributed by atoms with Crippen LogP contribution < -0.4 is 0 Å². The Balaban J connectivity index is 1.31. The zero-order valence-electron chi connectivity index (χ0n) is 17.0. The second-order valence-electron chi connectivity index (χ2n) is 9.38. The van der Waals surface area contributed by atoms with E-state index in [9.17, 15) is 0 Å². The first-order valence-corrected chi connectivity index (χ1v) is 11.6. The Morgan fingerprint density at radius 1 is 0.800 bits per heavy atom. The Labute approximate surface area is 157 Å². The van der Waals surface area contributed by atoms with Gasteiger partial charge in [-0.15, -0.1) is 0 Å². The predicted octanol–water partition coefficient (Wildman–Crippen LogP) is 7.51. The maximum Gasteiger partial charge on any atom is 0.0920 e. The quantitative estimate of drug-likeness (QED) is 0.463. The summed E-state index contributed by atoms with van der Waals surface area (Å²) < 4.78 is 5.95. The number of allylic oxidation sites excluding steroid dienone is 2. The molecule has 0 saturated heterocycles. The SMILES string of the molecule is CCCC1=CCC(CCC2CCC(C3CCC(CC)CC3)CC2)CO1. The summed E-state index contributed by atoms with van der Waals surface area (Å²) in [7, 11) is 0. The van der Waals surface area contributed by atoms with Crippen LogP contribution in [0.4, 0.5) is 0 Å². The molecule has 0 aromatic carbocycles. The molecule has 144 valence electrons. The molecule has 3 rings (SSSR count). The Kier molecular flexibility index (Phi) is 7.74. The van der Waals surface area contributed by atoms with Gasteiger partial charge in [0.15, 0.2) is 0 Å². The molecule has 2 fully saturated rings. The van der Waals surface area contributed by atoms with Crippen LogP contribution in [-0.2, 0) is 4.74 Å². The zero-order valence-corrected chi connectivity index (χ0v) is 17.0. The van der Waals surface area contributed by atoms with E-state index in [0.29, 0.717) is 0 Å². The van der Waals surface area contributed by atoms with Gasteiger partial charge in [-0.05, 0) is 80.6 Å². The monoisotopic (exact) mass is 346 g/mol. The molecule has 0 aromatic heterocycles. The summed E-state index contributed by atoms with van der Waals surface area (Å²) in [6.07, 6.45) is 22.5. The molecular weight excluding hydrogens is 304 g/mol. The summed E-state index contributed by atoms with van der Waals surface area (Å²) in [4.78, 5) is 0. The second kappa shape index (κ2) is 10.0. The fourth-order valence-corrected chi connectivity index (χ4v) is 5.76. The van der Waals surface area contributed by atoms with Crippen LogP contribution in [0.5, 0.6) is 0 Å². The molecule has 0 radical (unpaired) electrons. The minimum absolute atomic E-state index is 0.794. The Bertz CT molecular complexity index is 396. The topological polar surface area (TPSA) is 9.23 Å². The molecule has 25 heavy (non-hydrogen) atoms. The summed E-state index contributed by atoms with van der Waals surface area (Å²) in [5.41, 5.74) is 0. The van der Waals surface area contributed by atoms with Gasteiger partial charge in [-0.25, -0.2) is 0 Å². The lowest BCUT2D eigenvalue weighted by molar-refractivity contribution is 0.118. The predicted molar refractivity (Wildman–Crippen MR) is 107 cm³/mol. The largest absolute Gasteiger partial charge is 0.498 e. The lowest BCUT2D eigenvalue weighted by Gasteiger charge is -2.38. The number of ether oxygens (including phenoxy) is 1. The van der Waals surface area contributed by atoms with Gasteiger partial charge < -0.3 is 4.74 Å². The molecule has 1 heteroatoms. The van der Waals surface area contributed by atoms with Crippen LogP contribution in [0.1, 0.15) is 104 Å². The highest BCUT2D eigenvalue weighted by Crippen LogP contribution is 2.43. The van der Waals surface area contributed by atoms with E-state index in [1.54, 1.807) is 12.8 Å². The maximum absolute atomic E-state index is 5.95. The van der Waals surface area contributed by atoms with Gasteiger partial charge in [-0.2, -0.15) is 0 Å². The number of hydrogen-bond donors (Lipinski definition) is 0. The third-order valence-corrected chi connectivity index (χ3v) is 7.69. The fourth-order valence-electron chi connectivity index (χ4n) is 5.76. The highest BCUT2D eigenvalue weighted by atomic mass is 16.5. The first kappa shape index (κ1) is 19.3. The Morgan fingerprint density at radius 3 is 1.92 bits per heavy atom. The fraction of sp³-hybridized carbons (Fsp3) is 0.917. The van der Waals surface area contributed by atoms with Crippen molar-refractivity contribution >= 4 is 0 Å². The standard InChI is InChI=1S/C24H42O/c1-3-5-24-17-12-21(18-25-24)7-6-20-10-15-23(16-11-20)22-13-8-19(4-2)9-14-22/h17,19-23H,3-16,18H2,1-2H3. The van der Waals surface area contributed by atoms with Crippen molar-refractivity contribution in [2.24, 2.45) is 29.6 Å². The molecule has 0 N–H and O–H groups in total. The molecule has 3 aliphatic rings. The van der Waals surface area contributed by atoms with E-state index in [0.717, 1.165) is 42.6 Å². The van der Waals surface area contributed by atoms with E-state index >= 15 is 0 Å². The molecule has 2 aliphatic carbocycles. The summed E-state index contributed by atoms with van der Waals surface area (Å²) in [5, 5.41) is 0. The molecule has 1 unspecified atom stereocenters. The van der Waals surface area contributed by atoms with Gasteiger partial charge in [0, 0.05) is 6.42 Å². The minimum Gasteiger partial charge on any atom is -0.498 e. The van der Waals surface area contributed by atoms with E-state index < -0.39 is 0 Å². The van der Waals surface area contributed by atoms with Crippen LogP contribution in [0.3, 0.4) is 0 Å². The van der Waals surface area contributed by atoms with E-state index in [1.807, 2.05) is 0 Å². The van der Waals surface area contributed by atoms with Crippen molar-refractivity contribution in [3.05, 3.63) is 11.8 Å². The third kappa shape index (κ3) is 5.76. The summed E-state index contributed by atoms with van der Waals surface area (Å²) in [5.74, 6) is 6.28. The Hall–Kier alpha value is -0.460. The average molecular weight is 347 g/mol. The maximum atomic E-state index is 5.95. The summed E-state index contributed by atoms with van der Waals surface area (Å²) in [6, 6.07) is 0. The first-order valence-electron chi connectivity index (χ1n) is 11.6. The molecule has 0 bridgehead atoms. The average Bonchev–Trinajstić information content (AvgIpc) is 2.68. The molecular formula is C24H42O. The van der Waals surface area contributed by atoms with Crippen LogP contribution in [0.2, 0.25) is 0 Å². The van der Waals surface area contributed by atoms with Crippen LogP contribution in [0, 0.1) is 29.6 Å². The zero-order chi connectivity index (χ0) is 17.5. The van der Waals surface area contributed by atoms with Crippen molar-refractivity contribution in [3.8, 4) is 0 Å². The van der Waals surface area contributed by atoms with Crippen molar-refractivity contribution in [1.29, 1.82) is 0 Å². The van der Waals surface area contributed by atoms with Gasteiger partial charge in [0.2, 0.25) is 0 Å². The first-order chi connectivity index (χ1) is 12.3. The van der Waals surface area contributed by atoms with E-state index in [2.05, 4.69) is 19.9 Å². The van der Waals surface area contributed by atoms with E-state index in [1.165, 1.54) is 76.4 Å². The van der Waals surface area contributed by atoms with E-state index in [-0.39, 0.29) is 0 Å². The molecule has 0 aromatic rings. The van der Waals surface area contributed by atoms with Crippen molar-refractivity contribution in [2.45, 2.75) is 104 Å². The van der Waals surface area contributed by atoms with Gasteiger partial charge in [0.05, 0.1) is 12.4 Å². The van der Waals surface area contributed by atoms with Crippen LogP contribution in [-0.4, -0.2) is 6.61 Å². The van der Waals surface area contributed by atoms with Crippen molar-refractivity contribution in [3.63, 3.8) is 0 Å². The van der Waals surface area contributed by atoms with Crippen LogP contribution >= 0.6 is 0 Å². The summed E-state index contributed by atoms with van der Waals surface area (Å²) >= 11 is 0. The number of rotatable bonds is 7. The molecule has 1 atom stereocenters. The van der Waals surface area contributed by atoms with E-state index in [4.69, 9.17) is 4.74 Å². The summed E-state index contributed by atoms with van der Waals surface area (Å²) in [6.45, 7) is 5.61. The second-order valence-corrected chi connectivity index (χ2v) is 9.38. The molecule has 0 amide bonds. The molecule has 1 aliphatic heterocycles. The molecule has 1 nitrogen and oxygen atoms in total. The molecule has 2 saturated carbocycles. The van der Waals surface area contributed by atoms with Crippen molar-refractivity contribution in [2.75, 3.05) is 6.61 Å². The van der Waals surface area contributed by atoms with Crippen molar-refractivity contribution in [1.82, 2.24) is 0 Å². The van der Waals surface area contributed by atoms with Gasteiger partial charge in [0.1, 0.15) is 0 Å². The normalized spacial score (nSPS) is 36.6. The van der Waals surface area contributed by atoms with Gasteiger partial charge in [0.25, 0.3) is 0 Å². The lowest BCUT2D eigenvalue weighted by atomic mass is 9.68. The Morgan fingerprint density at radius 2 is 1.40 bits per heavy atom. The van der Waals surface area contributed by atoms with Gasteiger partial charge >= 0.3 is 0 Å². The minimum atomic E-state index is 0.794. The molecule has 1 heterocycles. The lowest BCUT2D eigenvalue weighted by Crippen LogP contribution is -2.26. The highest BCUT2D eigenvalue weighted by molar-refractivity contribution is 4.97.